The van der Waals surface area contributed by atoms with E-state index in [1.165, 1.54) is 0 Å². The van der Waals surface area contributed by atoms with Crippen LogP contribution in [0.3, 0.4) is 0 Å². The summed E-state index contributed by atoms with van der Waals surface area (Å²) in [6.45, 7) is 3.33. The van der Waals surface area contributed by atoms with Gasteiger partial charge in [0.05, 0.1) is 4.90 Å². The number of benzene rings is 1. The second-order valence-corrected chi connectivity index (χ2v) is 5.90. The molecule has 0 heterocycles. The van der Waals surface area contributed by atoms with Crippen molar-refractivity contribution < 1.29 is 13.2 Å². The molecular formula is C11H18N4O3S. The van der Waals surface area contributed by atoms with Crippen LogP contribution in [-0.2, 0) is 14.8 Å². The Kier molecular flexibility index (Phi) is 4.87. The molecule has 0 spiro atoms. The largest absolute Gasteiger partial charge is 0.370 e. The van der Waals surface area contributed by atoms with Gasteiger partial charge >= 0.3 is 0 Å². The molecule has 1 rings (SSSR count). The van der Waals surface area contributed by atoms with E-state index in [9.17, 15) is 13.2 Å². The highest BCUT2D eigenvalue weighted by molar-refractivity contribution is 7.89. The number of carbonyl (C=O) groups is 1. The topological polar surface area (TPSA) is 127 Å². The molecule has 7 nitrogen and oxygen atoms in total. The Labute approximate surface area is 112 Å². The van der Waals surface area contributed by atoms with E-state index >= 15 is 0 Å². The molecule has 0 radical (unpaired) electrons. The van der Waals surface area contributed by atoms with E-state index in [0.717, 1.165) is 0 Å². The zero-order chi connectivity index (χ0) is 14.6. The van der Waals surface area contributed by atoms with Gasteiger partial charge in [-0.05, 0) is 37.1 Å². The number of hydrazine groups is 1. The molecule has 0 unspecified atom stereocenters. The number of aryl methyl sites for hydroxylation is 2. The lowest BCUT2D eigenvalue weighted by atomic mass is 10.1. The van der Waals surface area contributed by atoms with Crippen molar-refractivity contribution in [1.82, 2.24) is 4.72 Å². The molecule has 0 aliphatic heterocycles. The number of hydrogen-bond acceptors (Lipinski definition) is 5. The number of nitrogen functional groups attached to an aromatic ring is 1. The smallest absolute Gasteiger partial charge is 0.241 e. The van der Waals surface area contributed by atoms with Crippen molar-refractivity contribution in [2.75, 3.05) is 12.0 Å². The van der Waals surface area contributed by atoms with Crippen LogP contribution in [-0.4, -0.2) is 20.9 Å². The van der Waals surface area contributed by atoms with Crippen LogP contribution in [0.4, 0.5) is 5.69 Å². The first kappa shape index (κ1) is 15.4. The maximum Gasteiger partial charge on any atom is 0.241 e. The first-order chi connectivity index (χ1) is 8.77. The Hall–Kier alpha value is -1.64. The maximum atomic E-state index is 12.1. The quantitative estimate of drug-likeness (QED) is 0.423. The summed E-state index contributed by atoms with van der Waals surface area (Å²) in [5.41, 5.74) is 9.20. The average molecular weight is 286 g/mol. The monoisotopic (exact) mass is 286 g/mol. The van der Waals surface area contributed by atoms with Crippen LogP contribution < -0.4 is 21.7 Å². The minimum absolute atomic E-state index is 0.0204. The third-order valence-corrected chi connectivity index (χ3v) is 4.32. The number of rotatable bonds is 6. The lowest BCUT2D eigenvalue weighted by molar-refractivity contribution is -0.117. The first-order valence-electron chi connectivity index (χ1n) is 5.63. The van der Waals surface area contributed by atoms with Gasteiger partial charge in [0.25, 0.3) is 0 Å². The Morgan fingerprint density at radius 1 is 1.26 bits per heavy atom. The van der Waals surface area contributed by atoms with Gasteiger partial charge in [0, 0.05) is 18.7 Å². The van der Waals surface area contributed by atoms with E-state index < -0.39 is 15.9 Å². The summed E-state index contributed by atoms with van der Waals surface area (Å²) in [6.07, 6.45) is -0.0419. The molecule has 8 heteroatoms. The van der Waals surface area contributed by atoms with E-state index in [2.05, 4.69) is 10.1 Å². The van der Waals surface area contributed by atoms with Crippen molar-refractivity contribution in [2.45, 2.75) is 25.2 Å². The summed E-state index contributed by atoms with van der Waals surface area (Å²) >= 11 is 0. The minimum atomic E-state index is -3.67. The molecule has 0 saturated heterocycles. The maximum absolute atomic E-state index is 12.1. The molecule has 0 aliphatic rings. The molecular weight excluding hydrogens is 268 g/mol. The molecule has 6 N–H and O–H groups in total. The molecule has 0 bridgehead atoms. The number of amides is 1. The predicted octanol–water partition coefficient (Wildman–Crippen LogP) is -0.257. The lowest BCUT2D eigenvalue weighted by Gasteiger charge is -2.13. The third-order valence-electron chi connectivity index (χ3n) is 2.56. The van der Waals surface area contributed by atoms with Crippen LogP contribution >= 0.6 is 0 Å². The molecule has 0 aromatic heterocycles. The summed E-state index contributed by atoms with van der Waals surface area (Å²) < 4.78 is 26.6. The number of hydrogen-bond donors (Lipinski definition) is 4. The Balaban J connectivity index is 3.04. The van der Waals surface area contributed by atoms with Crippen molar-refractivity contribution in [3.05, 3.63) is 23.3 Å². The summed E-state index contributed by atoms with van der Waals surface area (Å²) in [7, 11) is -3.67. The second-order valence-electron chi connectivity index (χ2n) is 4.20. The highest BCUT2D eigenvalue weighted by Gasteiger charge is 2.19. The first-order valence-corrected chi connectivity index (χ1v) is 7.12. The van der Waals surface area contributed by atoms with Gasteiger partial charge in [0.15, 0.2) is 0 Å². The van der Waals surface area contributed by atoms with Crippen molar-refractivity contribution in [1.29, 1.82) is 0 Å². The van der Waals surface area contributed by atoms with Crippen molar-refractivity contribution in [3.63, 3.8) is 0 Å². The van der Waals surface area contributed by atoms with Crippen molar-refractivity contribution in [3.8, 4) is 0 Å². The van der Waals surface area contributed by atoms with Gasteiger partial charge in [-0.15, -0.1) is 0 Å². The fourth-order valence-electron chi connectivity index (χ4n) is 1.84. The van der Waals surface area contributed by atoms with Gasteiger partial charge in [-0.1, -0.05) is 0 Å². The standard InChI is InChI=1S/C11H18N4O3S/c1-7-5-9(15-13)6-8(2)11(7)19(17,18)14-4-3-10(12)16/h5-6,14-15H,3-4,13H2,1-2H3,(H2,12,16). The molecule has 106 valence electrons. The van der Waals surface area contributed by atoms with E-state index in [-0.39, 0.29) is 17.9 Å². The fourth-order valence-corrected chi connectivity index (χ4v) is 3.32. The highest BCUT2D eigenvalue weighted by Crippen LogP contribution is 2.23. The number of anilines is 1. The van der Waals surface area contributed by atoms with Gasteiger partial charge in [0.2, 0.25) is 15.9 Å². The normalized spacial score (nSPS) is 11.3. The fraction of sp³-hybridized carbons (Fsp3) is 0.364. The zero-order valence-corrected chi connectivity index (χ0v) is 11.7. The number of primary amides is 1. The molecule has 0 fully saturated rings. The molecule has 0 atom stereocenters. The van der Waals surface area contributed by atoms with Crippen molar-refractivity contribution in [2.24, 2.45) is 11.6 Å². The second kappa shape index (κ2) is 6.00. The van der Waals surface area contributed by atoms with Gasteiger partial charge in [-0.25, -0.2) is 13.1 Å². The molecule has 1 aromatic carbocycles. The number of carbonyl (C=O) groups excluding carboxylic acids is 1. The third kappa shape index (κ3) is 3.91. The minimum Gasteiger partial charge on any atom is -0.370 e. The number of nitrogens with two attached hydrogens (primary N) is 2. The summed E-state index contributed by atoms with van der Waals surface area (Å²) in [5.74, 6) is 4.74. The van der Waals surface area contributed by atoms with E-state index in [4.69, 9.17) is 11.6 Å². The van der Waals surface area contributed by atoms with Crippen molar-refractivity contribution >= 4 is 21.6 Å². The van der Waals surface area contributed by atoms with Crippen LogP contribution in [0.5, 0.6) is 0 Å². The summed E-state index contributed by atoms with van der Waals surface area (Å²) in [6, 6.07) is 3.27. The van der Waals surface area contributed by atoms with Crippen LogP contribution in [0.25, 0.3) is 0 Å². The van der Waals surface area contributed by atoms with Crippen LogP contribution in [0.15, 0.2) is 17.0 Å². The Morgan fingerprint density at radius 2 is 1.79 bits per heavy atom. The van der Waals surface area contributed by atoms with E-state index in [1.807, 2.05) is 0 Å². The lowest BCUT2D eigenvalue weighted by Crippen LogP contribution is -2.29. The Bertz CT molecular complexity index is 561. The molecule has 0 aliphatic carbocycles. The predicted molar refractivity (Wildman–Crippen MR) is 72.7 cm³/mol. The summed E-state index contributed by atoms with van der Waals surface area (Å²) in [5, 5.41) is 0. The molecule has 1 amide bonds. The van der Waals surface area contributed by atoms with Crippen LogP contribution in [0, 0.1) is 13.8 Å². The number of nitrogens with one attached hydrogen (secondary N) is 2. The van der Waals surface area contributed by atoms with Gasteiger partial charge in [0.1, 0.15) is 0 Å². The van der Waals surface area contributed by atoms with E-state index in [1.54, 1.807) is 26.0 Å². The molecule has 19 heavy (non-hydrogen) atoms. The van der Waals surface area contributed by atoms with Gasteiger partial charge < -0.3 is 11.2 Å². The van der Waals surface area contributed by atoms with E-state index in [0.29, 0.717) is 16.8 Å². The van der Waals surface area contributed by atoms with Crippen LogP contribution in [0.2, 0.25) is 0 Å². The highest BCUT2D eigenvalue weighted by atomic mass is 32.2. The van der Waals surface area contributed by atoms with Crippen LogP contribution in [0.1, 0.15) is 17.5 Å². The average Bonchev–Trinajstić information content (AvgIpc) is 2.26. The Morgan fingerprint density at radius 3 is 2.21 bits per heavy atom. The summed E-state index contributed by atoms with van der Waals surface area (Å²) in [4.78, 5) is 10.8. The zero-order valence-electron chi connectivity index (χ0n) is 10.9. The number of sulfonamides is 1. The molecule has 0 saturated carbocycles. The SMILES string of the molecule is Cc1cc(NN)cc(C)c1S(=O)(=O)NCCC(N)=O. The van der Waals surface area contributed by atoms with Gasteiger partial charge in [-0.2, -0.15) is 0 Å². The molecule has 1 aromatic rings. The van der Waals surface area contributed by atoms with Gasteiger partial charge in [-0.3, -0.25) is 10.6 Å².